The summed E-state index contributed by atoms with van der Waals surface area (Å²) in [5, 5.41) is 2.95. The molecule has 0 radical (unpaired) electrons. The molecule has 0 saturated carbocycles. The van der Waals surface area contributed by atoms with Gasteiger partial charge < -0.3 is 19.4 Å². The second kappa shape index (κ2) is 6.76. The van der Waals surface area contributed by atoms with Crippen molar-refractivity contribution in [2.75, 3.05) is 26.2 Å². The zero-order valence-corrected chi connectivity index (χ0v) is 14.3. The average Bonchev–Trinajstić information content (AvgIpc) is 3.00. The lowest BCUT2D eigenvalue weighted by atomic mass is 10.1. The van der Waals surface area contributed by atoms with Gasteiger partial charge in [0.15, 0.2) is 11.5 Å². The van der Waals surface area contributed by atoms with E-state index in [1.807, 2.05) is 37.6 Å². The summed E-state index contributed by atoms with van der Waals surface area (Å²) in [7, 11) is 2.01. The van der Waals surface area contributed by atoms with Crippen molar-refractivity contribution in [3.05, 3.63) is 42.0 Å². The summed E-state index contributed by atoms with van der Waals surface area (Å²) in [5.41, 5.74) is 2.34. The number of carbonyl (C=O) groups excluding carboxylic acids is 1. The van der Waals surface area contributed by atoms with Crippen molar-refractivity contribution in [3.63, 3.8) is 0 Å². The molecule has 1 aromatic carbocycles. The molecule has 132 valence electrons. The molecule has 3 heterocycles. The predicted octanol–water partition coefficient (Wildman–Crippen LogP) is 0.734. The molecule has 0 fully saturated rings. The monoisotopic (exact) mass is 342 g/mol. The quantitative estimate of drug-likeness (QED) is 0.887. The van der Waals surface area contributed by atoms with Crippen molar-refractivity contribution in [2.24, 2.45) is 7.05 Å². The van der Waals surface area contributed by atoms with Crippen LogP contribution in [0.5, 0.6) is 11.5 Å². The average molecular weight is 342 g/mol. The summed E-state index contributed by atoms with van der Waals surface area (Å²) in [5.74, 6) is 1.48. The maximum Gasteiger partial charge on any atom is 0.234 e. The van der Waals surface area contributed by atoms with Crippen LogP contribution in [0.15, 0.2) is 30.6 Å². The number of carbonyl (C=O) groups is 1. The van der Waals surface area contributed by atoms with Crippen LogP contribution in [0.1, 0.15) is 11.4 Å². The number of rotatable bonds is 4. The molecule has 1 atom stereocenters. The van der Waals surface area contributed by atoms with E-state index in [9.17, 15) is 4.79 Å². The van der Waals surface area contributed by atoms with Gasteiger partial charge in [-0.15, -0.1) is 0 Å². The lowest BCUT2D eigenvalue weighted by molar-refractivity contribution is -0.123. The number of fused-ring (bicyclic) bond motifs is 2. The Bertz CT molecular complexity index is 773. The molecule has 25 heavy (non-hydrogen) atoms. The van der Waals surface area contributed by atoms with Crippen LogP contribution in [0.4, 0.5) is 0 Å². The van der Waals surface area contributed by atoms with Crippen molar-refractivity contribution >= 4 is 5.91 Å². The van der Waals surface area contributed by atoms with E-state index in [0.717, 1.165) is 36.7 Å². The Labute approximate surface area is 146 Å². The third-order valence-electron chi connectivity index (χ3n) is 4.65. The van der Waals surface area contributed by atoms with Crippen molar-refractivity contribution < 1.29 is 14.3 Å². The van der Waals surface area contributed by atoms with Gasteiger partial charge >= 0.3 is 0 Å². The number of hydrogen-bond acceptors (Lipinski definition) is 5. The van der Waals surface area contributed by atoms with Gasteiger partial charge in [0, 0.05) is 32.3 Å². The molecule has 2 aliphatic heterocycles. The number of imidazole rings is 1. The van der Waals surface area contributed by atoms with Gasteiger partial charge in [-0.25, -0.2) is 4.98 Å². The fourth-order valence-corrected chi connectivity index (χ4v) is 3.30. The number of amides is 1. The molecule has 1 amide bonds. The first kappa shape index (κ1) is 16.0. The second-order valence-corrected chi connectivity index (χ2v) is 6.51. The molecule has 4 rings (SSSR count). The predicted molar refractivity (Wildman–Crippen MR) is 91.6 cm³/mol. The van der Waals surface area contributed by atoms with Crippen LogP contribution >= 0.6 is 0 Å². The Balaban J connectivity index is 1.25. The van der Waals surface area contributed by atoms with Gasteiger partial charge in [0.25, 0.3) is 0 Å². The number of aromatic nitrogens is 2. The molecular weight excluding hydrogens is 320 g/mol. The van der Waals surface area contributed by atoms with E-state index in [1.165, 1.54) is 5.69 Å². The van der Waals surface area contributed by atoms with Gasteiger partial charge in [-0.3, -0.25) is 9.69 Å². The van der Waals surface area contributed by atoms with Crippen LogP contribution in [0.25, 0.3) is 0 Å². The largest absolute Gasteiger partial charge is 0.486 e. The number of benzene rings is 1. The molecule has 0 unspecified atom stereocenters. The highest BCUT2D eigenvalue weighted by Gasteiger charge is 2.23. The Morgan fingerprint density at radius 3 is 3.08 bits per heavy atom. The summed E-state index contributed by atoms with van der Waals surface area (Å²) < 4.78 is 13.6. The summed E-state index contributed by atoms with van der Waals surface area (Å²) in [6, 6.07) is 7.58. The van der Waals surface area contributed by atoms with Gasteiger partial charge in [-0.1, -0.05) is 12.1 Å². The number of aryl methyl sites for hydroxylation is 1. The maximum absolute atomic E-state index is 12.2. The van der Waals surface area contributed by atoms with E-state index in [0.29, 0.717) is 19.7 Å². The molecule has 7 heteroatoms. The molecule has 2 aromatic rings. The fraction of sp³-hybridized carbons (Fsp3) is 0.444. The first-order chi connectivity index (χ1) is 12.2. The Hall–Kier alpha value is -2.54. The summed E-state index contributed by atoms with van der Waals surface area (Å²) >= 11 is 0. The van der Waals surface area contributed by atoms with Gasteiger partial charge in [-0.2, -0.15) is 0 Å². The highest BCUT2D eigenvalue weighted by molar-refractivity contribution is 5.78. The first-order valence-corrected chi connectivity index (χ1v) is 8.55. The van der Waals surface area contributed by atoms with Crippen LogP contribution in [0.3, 0.4) is 0 Å². The van der Waals surface area contributed by atoms with Crippen molar-refractivity contribution in [1.82, 2.24) is 19.8 Å². The SMILES string of the molecule is Cn1cnc2c1CCN(CC(=O)NC[C@H]1COc3ccccc3O1)C2. The highest BCUT2D eigenvalue weighted by atomic mass is 16.6. The summed E-state index contributed by atoms with van der Waals surface area (Å²) in [6.45, 7) is 2.85. The zero-order chi connectivity index (χ0) is 17.2. The summed E-state index contributed by atoms with van der Waals surface area (Å²) in [6.07, 6.45) is 2.60. The minimum atomic E-state index is -0.164. The van der Waals surface area contributed by atoms with Crippen LogP contribution < -0.4 is 14.8 Å². The van der Waals surface area contributed by atoms with Crippen LogP contribution in [0.2, 0.25) is 0 Å². The number of ether oxygens (including phenoxy) is 2. The molecule has 0 spiro atoms. The normalized spacial score (nSPS) is 19.3. The van der Waals surface area contributed by atoms with E-state index in [-0.39, 0.29) is 12.0 Å². The number of nitrogens with zero attached hydrogens (tertiary/aromatic N) is 3. The zero-order valence-electron chi connectivity index (χ0n) is 14.3. The van der Waals surface area contributed by atoms with Crippen LogP contribution in [-0.4, -0.2) is 52.7 Å². The lowest BCUT2D eigenvalue weighted by Crippen LogP contribution is -2.45. The first-order valence-electron chi connectivity index (χ1n) is 8.55. The van der Waals surface area contributed by atoms with Crippen LogP contribution in [0, 0.1) is 0 Å². The molecule has 0 saturated heterocycles. The van der Waals surface area contributed by atoms with E-state index in [4.69, 9.17) is 9.47 Å². The van der Waals surface area contributed by atoms with E-state index < -0.39 is 0 Å². The molecule has 1 aromatic heterocycles. The number of hydrogen-bond donors (Lipinski definition) is 1. The van der Waals surface area contributed by atoms with E-state index in [1.54, 1.807) is 0 Å². The van der Waals surface area contributed by atoms with Gasteiger partial charge in [0.2, 0.25) is 5.91 Å². The molecule has 0 bridgehead atoms. The lowest BCUT2D eigenvalue weighted by Gasteiger charge is -2.28. The topological polar surface area (TPSA) is 68.6 Å². The maximum atomic E-state index is 12.2. The van der Waals surface area contributed by atoms with Gasteiger partial charge in [0.05, 0.1) is 25.1 Å². The number of para-hydroxylation sites is 2. The Kier molecular flexibility index (Phi) is 4.31. The third-order valence-corrected chi connectivity index (χ3v) is 4.65. The molecule has 2 aliphatic rings. The van der Waals surface area contributed by atoms with Crippen molar-refractivity contribution in [1.29, 1.82) is 0 Å². The van der Waals surface area contributed by atoms with Crippen LogP contribution in [-0.2, 0) is 24.8 Å². The van der Waals surface area contributed by atoms with E-state index >= 15 is 0 Å². The standard InChI is InChI=1S/C18H22N4O3/c1-21-12-20-14-9-22(7-6-15(14)21)10-18(23)19-8-13-11-24-16-4-2-3-5-17(16)25-13/h2-5,12-13H,6-11H2,1H3,(H,19,23)/t13-/m0/s1. The smallest absolute Gasteiger partial charge is 0.234 e. The second-order valence-electron chi connectivity index (χ2n) is 6.51. The molecule has 7 nitrogen and oxygen atoms in total. The third kappa shape index (κ3) is 3.46. The van der Waals surface area contributed by atoms with Gasteiger partial charge in [-0.05, 0) is 12.1 Å². The van der Waals surface area contributed by atoms with Crippen molar-refractivity contribution in [2.45, 2.75) is 19.1 Å². The van der Waals surface area contributed by atoms with E-state index in [2.05, 4.69) is 19.8 Å². The fourth-order valence-electron chi connectivity index (χ4n) is 3.30. The highest BCUT2D eigenvalue weighted by Crippen LogP contribution is 2.30. The van der Waals surface area contributed by atoms with Gasteiger partial charge in [0.1, 0.15) is 12.7 Å². The molecule has 1 N–H and O–H groups in total. The molecular formula is C18H22N4O3. The van der Waals surface area contributed by atoms with Crippen molar-refractivity contribution in [3.8, 4) is 11.5 Å². The minimum absolute atomic E-state index is 0.00170. The Morgan fingerprint density at radius 2 is 2.20 bits per heavy atom. The minimum Gasteiger partial charge on any atom is -0.486 e. The number of nitrogens with one attached hydrogen (secondary N) is 1. The Morgan fingerprint density at radius 1 is 1.36 bits per heavy atom. The molecule has 0 aliphatic carbocycles. The summed E-state index contributed by atoms with van der Waals surface area (Å²) in [4.78, 5) is 18.8.